The number of pyridine rings is 2. The van der Waals surface area contributed by atoms with Gasteiger partial charge in [0.05, 0.1) is 22.4 Å². The van der Waals surface area contributed by atoms with Crippen LogP contribution in [-0.4, -0.2) is 9.97 Å². The number of benzene rings is 10. The summed E-state index contributed by atoms with van der Waals surface area (Å²) in [6, 6.07) is 65.3. The summed E-state index contributed by atoms with van der Waals surface area (Å²) in [7, 11) is 0. The van der Waals surface area contributed by atoms with Gasteiger partial charge in [-0.1, -0.05) is 146 Å². The van der Waals surface area contributed by atoms with Gasteiger partial charge in [0.25, 0.3) is 0 Å². The largest absolute Gasteiger partial charge is 0.455 e. The predicted molar refractivity (Wildman–Crippen MR) is 239 cm³/mol. The van der Waals surface area contributed by atoms with E-state index in [1.54, 1.807) is 0 Å². The molecule has 262 valence electrons. The van der Waals surface area contributed by atoms with Crippen LogP contribution in [0.15, 0.2) is 186 Å². The number of aromatic nitrogens is 2. The molecule has 0 aliphatic heterocycles. The standard InChI is InChI=1S/C54H30N2O/c1-2-10-33(11-3-1)52-43-27-26-39-38-16-5-7-19-47(38)57-54(39)51(43)41-24-23-35(30-46(41)56-52)34-14-9-15-37(28-34)53-44-29-36-21-20-31-12-8-13-32-22-25-42(49(36)48(31)32)50(44)40-17-4-6-18-45(40)55-53/h1-30H. The minimum atomic E-state index is 0.890. The molecule has 10 aromatic carbocycles. The number of rotatable bonds is 3. The molecule has 0 N–H and O–H groups in total. The average Bonchev–Trinajstić information content (AvgIpc) is 3.66. The normalized spacial score (nSPS) is 12.2. The second-order valence-electron chi connectivity index (χ2n) is 15.2. The molecule has 57 heavy (non-hydrogen) atoms. The summed E-state index contributed by atoms with van der Waals surface area (Å²) >= 11 is 0. The summed E-state index contributed by atoms with van der Waals surface area (Å²) in [6.07, 6.45) is 0. The number of furan rings is 1. The molecule has 3 heterocycles. The highest BCUT2D eigenvalue weighted by Crippen LogP contribution is 2.45. The molecule has 0 unspecified atom stereocenters. The van der Waals surface area contributed by atoms with Crippen molar-refractivity contribution in [3.8, 4) is 33.6 Å². The van der Waals surface area contributed by atoms with Crippen molar-refractivity contribution in [1.82, 2.24) is 9.97 Å². The molecule has 0 spiro atoms. The molecule has 0 aliphatic carbocycles. The summed E-state index contributed by atoms with van der Waals surface area (Å²) in [4.78, 5) is 10.8. The fourth-order valence-electron chi connectivity index (χ4n) is 9.58. The third kappa shape index (κ3) is 4.37. The monoisotopic (exact) mass is 722 g/mol. The maximum Gasteiger partial charge on any atom is 0.144 e. The number of hydrogen-bond donors (Lipinski definition) is 0. The van der Waals surface area contributed by atoms with E-state index in [4.69, 9.17) is 14.4 Å². The zero-order valence-corrected chi connectivity index (χ0v) is 30.6. The van der Waals surface area contributed by atoms with Crippen molar-refractivity contribution >= 4 is 97.6 Å². The third-order valence-corrected chi connectivity index (χ3v) is 12.1. The Morgan fingerprint density at radius 1 is 0.298 bits per heavy atom. The number of fused-ring (bicyclic) bond motifs is 11. The SMILES string of the molecule is c1ccc(-c2nc3cc(-c4cccc(-c5nc6ccccc6c6c5cc5ccc7cccc8ccc6c5c78)c4)ccc3c3c2ccc2c4ccccc4oc23)cc1. The van der Waals surface area contributed by atoms with Crippen LogP contribution in [0.25, 0.3) is 131 Å². The van der Waals surface area contributed by atoms with E-state index in [0.29, 0.717) is 0 Å². The van der Waals surface area contributed by atoms with Gasteiger partial charge in [0.15, 0.2) is 0 Å². The molecule has 3 heteroatoms. The van der Waals surface area contributed by atoms with Crippen molar-refractivity contribution in [1.29, 1.82) is 0 Å². The smallest absolute Gasteiger partial charge is 0.144 e. The van der Waals surface area contributed by atoms with Crippen LogP contribution < -0.4 is 0 Å². The highest BCUT2D eigenvalue weighted by molar-refractivity contribution is 6.33. The summed E-state index contributed by atoms with van der Waals surface area (Å²) in [5, 5.41) is 16.7. The molecule has 0 fully saturated rings. The molecule has 0 atom stereocenters. The molecule has 3 nitrogen and oxygen atoms in total. The molecular formula is C54H30N2O. The molecule has 0 saturated heterocycles. The van der Waals surface area contributed by atoms with Crippen molar-refractivity contribution in [2.24, 2.45) is 0 Å². The van der Waals surface area contributed by atoms with E-state index in [-0.39, 0.29) is 0 Å². The first kappa shape index (κ1) is 30.7. The maximum atomic E-state index is 6.64. The van der Waals surface area contributed by atoms with Crippen LogP contribution in [0.3, 0.4) is 0 Å². The fourth-order valence-corrected chi connectivity index (χ4v) is 9.58. The van der Waals surface area contributed by atoms with Gasteiger partial charge in [-0.05, 0) is 79.8 Å². The van der Waals surface area contributed by atoms with Gasteiger partial charge in [-0.2, -0.15) is 0 Å². The van der Waals surface area contributed by atoms with Gasteiger partial charge in [0.1, 0.15) is 11.2 Å². The lowest BCUT2D eigenvalue weighted by Gasteiger charge is -2.17. The van der Waals surface area contributed by atoms with Gasteiger partial charge in [0.2, 0.25) is 0 Å². The molecule has 0 amide bonds. The van der Waals surface area contributed by atoms with Crippen LogP contribution in [0.1, 0.15) is 0 Å². The van der Waals surface area contributed by atoms with Crippen molar-refractivity contribution < 1.29 is 4.42 Å². The molecule has 0 saturated carbocycles. The quantitative estimate of drug-likeness (QED) is 0.135. The van der Waals surface area contributed by atoms with Crippen molar-refractivity contribution in [3.05, 3.63) is 182 Å². The lowest BCUT2D eigenvalue weighted by molar-refractivity contribution is 0.673. The molecule has 0 aliphatic rings. The van der Waals surface area contributed by atoms with Crippen molar-refractivity contribution in [2.45, 2.75) is 0 Å². The van der Waals surface area contributed by atoms with Crippen LogP contribution in [-0.2, 0) is 0 Å². The van der Waals surface area contributed by atoms with Crippen LogP contribution >= 0.6 is 0 Å². The highest BCUT2D eigenvalue weighted by Gasteiger charge is 2.20. The third-order valence-electron chi connectivity index (χ3n) is 12.1. The van der Waals surface area contributed by atoms with Crippen molar-refractivity contribution in [3.63, 3.8) is 0 Å². The lowest BCUT2D eigenvalue weighted by Crippen LogP contribution is -1.93. The first-order valence-corrected chi connectivity index (χ1v) is 19.5. The van der Waals surface area contributed by atoms with Gasteiger partial charge in [-0.3, -0.25) is 0 Å². The summed E-state index contributed by atoms with van der Waals surface area (Å²) in [5.41, 5.74) is 10.0. The van der Waals surface area contributed by atoms with Gasteiger partial charge in [-0.15, -0.1) is 0 Å². The Morgan fingerprint density at radius 3 is 1.84 bits per heavy atom. The highest BCUT2D eigenvalue weighted by atomic mass is 16.3. The van der Waals surface area contributed by atoms with Gasteiger partial charge >= 0.3 is 0 Å². The number of nitrogens with zero attached hydrogens (tertiary/aromatic N) is 2. The van der Waals surface area contributed by atoms with E-state index < -0.39 is 0 Å². The van der Waals surface area contributed by atoms with Crippen molar-refractivity contribution in [2.75, 3.05) is 0 Å². The Bertz CT molecular complexity index is 3790. The lowest BCUT2D eigenvalue weighted by atomic mass is 9.88. The topological polar surface area (TPSA) is 38.9 Å². The Labute approximate surface area is 326 Å². The van der Waals surface area contributed by atoms with Crippen LogP contribution in [0.4, 0.5) is 0 Å². The van der Waals surface area contributed by atoms with Crippen LogP contribution in [0.2, 0.25) is 0 Å². The average molecular weight is 723 g/mol. The first-order chi connectivity index (χ1) is 28.2. The summed E-state index contributed by atoms with van der Waals surface area (Å²) < 4.78 is 6.64. The van der Waals surface area contributed by atoms with E-state index in [0.717, 1.165) is 88.2 Å². The first-order valence-electron chi connectivity index (χ1n) is 19.5. The van der Waals surface area contributed by atoms with Gasteiger partial charge in [0, 0.05) is 54.2 Å². The van der Waals surface area contributed by atoms with E-state index in [2.05, 4.69) is 170 Å². The Balaban J connectivity index is 1.05. The van der Waals surface area contributed by atoms with Gasteiger partial charge in [-0.25, -0.2) is 9.97 Å². The molecule has 13 rings (SSSR count). The Hall–Kier alpha value is -7.62. The van der Waals surface area contributed by atoms with E-state index in [1.807, 2.05) is 12.1 Å². The fraction of sp³-hybridized carbons (Fsp3) is 0. The van der Waals surface area contributed by atoms with Crippen LogP contribution in [0, 0.1) is 0 Å². The molecular weight excluding hydrogens is 693 g/mol. The van der Waals surface area contributed by atoms with Crippen LogP contribution in [0.5, 0.6) is 0 Å². The minimum absolute atomic E-state index is 0.890. The zero-order chi connectivity index (χ0) is 37.2. The Morgan fingerprint density at radius 2 is 0.930 bits per heavy atom. The minimum Gasteiger partial charge on any atom is -0.455 e. The zero-order valence-electron chi connectivity index (χ0n) is 30.6. The van der Waals surface area contributed by atoms with E-state index in [9.17, 15) is 0 Å². The van der Waals surface area contributed by atoms with E-state index >= 15 is 0 Å². The molecule has 0 radical (unpaired) electrons. The maximum absolute atomic E-state index is 6.64. The van der Waals surface area contributed by atoms with E-state index in [1.165, 1.54) is 43.1 Å². The summed E-state index contributed by atoms with van der Waals surface area (Å²) in [5.74, 6) is 0. The number of hydrogen-bond acceptors (Lipinski definition) is 3. The molecule has 13 aromatic rings. The second kappa shape index (κ2) is 11.5. The van der Waals surface area contributed by atoms with Gasteiger partial charge < -0.3 is 4.42 Å². The molecule has 3 aromatic heterocycles. The number of para-hydroxylation sites is 2. The summed E-state index contributed by atoms with van der Waals surface area (Å²) in [6.45, 7) is 0. The molecule has 0 bridgehead atoms. The predicted octanol–water partition coefficient (Wildman–Crippen LogP) is 14.9. The Kier molecular flexibility index (Phi) is 6.16. The second-order valence-corrected chi connectivity index (χ2v) is 15.2.